The van der Waals surface area contributed by atoms with Crippen LogP contribution in [-0.4, -0.2) is 18.0 Å². The zero-order valence-electron chi connectivity index (χ0n) is 17.0. The zero-order chi connectivity index (χ0) is 22.5. The topological polar surface area (TPSA) is 60.5 Å². The molecule has 162 valence electrons. The summed E-state index contributed by atoms with van der Waals surface area (Å²) in [4.78, 5) is 17.0. The number of carbonyl (C=O) groups excluding carboxylic acids is 1. The van der Waals surface area contributed by atoms with Crippen LogP contribution in [0.5, 0.6) is 11.5 Å². The van der Waals surface area contributed by atoms with Crippen LogP contribution in [0.1, 0.15) is 16.1 Å². The van der Waals surface area contributed by atoms with Gasteiger partial charge in [0.15, 0.2) is 11.5 Å². The van der Waals surface area contributed by atoms with Crippen molar-refractivity contribution < 1.29 is 18.7 Å². The molecule has 0 aliphatic heterocycles. The van der Waals surface area contributed by atoms with E-state index in [0.29, 0.717) is 32.8 Å². The monoisotopic (exact) mass is 468 g/mol. The van der Waals surface area contributed by atoms with Gasteiger partial charge in [-0.25, -0.2) is 9.37 Å². The number of rotatable bonds is 7. The Kier molecular flexibility index (Phi) is 6.68. The fourth-order valence-electron chi connectivity index (χ4n) is 2.95. The molecule has 0 atom stereocenters. The molecular weight excluding hydrogens is 451 g/mol. The second kappa shape index (κ2) is 9.80. The van der Waals surface area contributed by atoms with Crippen molar-refractivity contribution in [1.82, 2.24) is 4.98 Å². The van der Waals surface area contributed by atoms with Crippen molar-refractivity contribution in [3.63, 3.8) is 0 Å². The van der Waals surface area contributed by atoms with E-state index in [4.69, 9.17) is 21.1 Å². The number of halogens is 2. The van der Waals surface area contributed by atoms with Crippen LogP contribution in [-0.2, 0) is 6.61 Å². The SMILES string of the molecule is COc1cc(-c2nc(C(=O)Nc3ccccc3Cl)cs2)ccc1OCc1ccccc1F. The number of nitrogens with zero attached hydrogens (tertiary/aromatic N) is 1. The first kappa shape index (κ1) is 21.8. The quantitative estimate of drug-likeness (QED) is 0.339. The number of nitrogens with one attached hydrogen (secondary N) is 1. The summed E-state index contributed by atoms with van der Waals surface area (Å²) in [6.07, 6.45) is 0. The van der Waals surface area contributed by atoms with Crippen molar-refractivity contribution in [2.75, 3.05) is 12.4 Å². The minimum absolute atomic E-state index is 0.0754. The molecule has 0 bridgehead atoms. The molecule has 8 heteroatoms. The smallest absolute Gasteiger partial charge is 0.275 e. The van der Waals surface area contributed by atoms with Gasteiger partial charge in [0.1, 0.15) is 23.1 Å². The van der Waals surface area contributed by atoms with E-state index >= 15 is 0 Å². The number of benzene rings is 3. The van der Waals surface area contributed by atoms with Crippen molar-refractivity contribution in [3.8, 4) is 22.1 Å². The first-order valence-electron chi connectivity index (χ1n) is 9.61. The van der Waals surface area contributed by atoms with E-state index in [0.717, 1.165) is 5.56 Å². The van der Waals surface area contributed by atoms with Crippen LogP contribution in [0.2, 0.25) is 5.02 Å². The highest BCUT2D eigenvalue weighted by Crippen LogP contribution is 2.34. The lowest BCUT2D eigenvalue weighted by molar-refractivity contribution is 0.102. The maximum absolute atomic E-state index is 13.8. The minimum atomic E-state index is -0.350. The van der Waals surface area contributed by atoms with Gasteiger partial charge in [0, 0.05) is 16.5 Å². The number of aromatic nitrogens is 1. The number of ether oxygens (including phenoxy) is 2. The van der Waals surface area contributed by atoms with Crippen LogP contribution < -0.4 is 14.8 Å². The fraction of sp³-hybridized carbons (Fsp3) is 0.0833. The summed E-state index contributed by atoms with van der Waals surface area (Å²) < 4.78 is 25.0. The highest BCUT2D eigenvalue weighted by Gasteiger charge is 2.15. The van der Waals surface area contributed by atoms with Crippen LogP contribution in [0.4, 0.5) is 10.1 Å². The van der Waals surface area contributed by atoms with E-state index in [9.17, 15) is 9.18 Å². The second-order valence-electron chi connectivity index (χ2n) is 6.72. The van der Waals surface area contributed by atoms with Crippen LogP contribution in [0.25, 0.3) is 10.6 Å². The summed E-state index contributed by atoms with van der Waals surface area (Å²) in [5.74, 6) is 0.287. The maximum atomic E-state index is 13.8. The second-order valence-corrected chi connectivity index (χ2v) is 7.98. The Bertz CT molecular complexity index is 1260. The summed E-state index contributed by atoms with van der Waals surface area (Å²) in [6.45, 7) is 0.0754. The van der Waals surface area contributed by atoms with Gasteiger partial charge in [0.2, 0.25) is 0 Å². The largest absolute Gasteiger partial charge is 0.493 e. The van der Waals surface area contributed by atoms with Gasteiger partial charge in [0.25, 0.3) is 5.91 Å². The molecule has 1 amide bonds. The Balaban J connectivity index is 1.49. The molecule has 32 heavy (non-hydrogen) atoms. The number of thiazole rings is 1. The van der Waals surface area contributed by atoms with E-state index in [-0.39, 0.29) is 24.0 Å². The molecule has 5 nitrogen and oxygen atoms in total. The average molecular weight is 469 g/mol. The van der Waals surface area contributed by atoms with Crippen molar-refractivity contribution in [2.24, 2.45) is 0 Å². The number of hydrogen-bond donors (Lipinski definition) is 1. The van der Waals surface area contributed by atoms with Gasteiger partial charge in [-0.05, 0) is 36.4 Å². The minimum Gasteiger partial charge on any atom is -0.493 e. The van der Waals surface area contributed by atoms with Crippen LogP contribution in [0.3, 0.4) is 0 Å². The first-order chi connectivity index (χ1) is 15.5. The van der Waals surface area contributed by atoms with Gasteiger partial charge in [-0.2, -0.15) is 0 Å². The Labute approximate surface area is 193 Å². The maximum Gasteiger partial charge on any atom is 0.275 e. The molecule has 0 fully saturated rings. The molecule has 0 saturated heterocycles. The first-order valence-corrected chi connectivity index (χ1v) is 10.9. The molecule has 0 unspecified atom stereocenters. The lowest BCUT2D eigenvalue weighted by Crippen LogP contribution is -2.12. The number of methoxy groups -OCH3 is 1. The van der Waals surface area contributed by atoms with Gasteiger partial charge in [-0.3, -0.25) is 4.79 Å². The molecule has 1 heterocycles. The normalized spacial score (nSPS) is 10.6. The third kappa shape index (κ3) is 4.90. The predicted molar refractivity (Wildman–Crippen MR) is 124 cm³/mol. The molecule has 3 aromatic carbocycles. The van der Waals surface area contributed by atoms with E-state index in [1.54, 1.807) is 60.0 Å². The molecule has 1 aromatic heterocycles. The molecule has 4 rings (SSSR count). The molecule has 0 radical (unpaired) electrons. The third-order valence-electron chi connectivity index (χ3n) is 4.61. The molecule has 0 spiro atoms. The average Bonchev–Trinajstić information content (AvgIpc) is 3.30. The van der Waals surface area contributed by atoms with E-state index in [1.165, 1.54) is 24.5 Å². The Morgan fingerprint density at radius 2 is 1.88 bits per heavy atom. The number of anilines is 1. The Morgan fingerprint density at radius 1 is 1.09 bits per heavy atom. The number of hydrogen-bond acceptors (Lipinski definition) is 5. The zero-order valence-corrected chi connectivity index (χ0v) is 18.5. The molecule has 0 aliphatic rings. The fourth-order valence-corrected chi connectivity index (χ4v) is 3.93. The number of carbonyl (C=O) groups is 1. The summed E-state index contributed by atoms with van der Waals surface area (Å²) in [7, 11) is 1.53. The Morgan fingerprint density at radius 3 is 2.66 bits per heavy atom. The van der Waals surface area contributed by atoms with E-state index in [1.807, 2.05) is 6.07 Å². The van der Waals surface area contributed by atoms with Gasteiger partial charge >= 0.3 is 0 Å². The van der Waals surface area contributed by atoms with Crippen LogP contribution in [0, 0.1) is 5.82 Å². The molecule has 4 aromatic rings. The summed E-state index contributed by atoms with van der Waals surface area (Å²) >= 11 is 7.43. The van der Waals surface area contributed by atoms with E-state index < -0.39 is 0 Å². The molecule has 0 aliphatic carbocycles. The highest BCUT2D eigenvalue weighted by molar-refractivity contribution is 7.13. The lowest BCUT2D eigenvalue weighted by Gasteiger charge is -2.12. The Hall–Kier alpha value is -3.42. The van der Waals surface area contributed by atoms with Crippen LogP contribution in [0.15, 0.2) is 72.1 Å². The third-order valence-corrected chi connectivity index (χ3v) is 5.83. The van der Waals surface area contributed by atoms with Crippen molar-refractivity contribution >= 4 is 34.5 Å². The number of para-hydroxylation sites is 1. The van der Waals surface area contributed by atoms with E-state index in [2.05, 4.69) is 10.3 Å². The molecular formula is C24H18ClFN2O3S. The molecule has 1 N–H and O–H groups in total. The summed E-state index contributed by atoms with van der Waals surface area (Å²) in [6, 6.07) is 18.8. The lowest BCUT2D eigenvalue weighted by atomic mass is 10.2. The predicted octanol–water partition coefficient (Wildman–Crippen LogP) is 6.44. The van der Waals surface area contributed by atoms with Gasteiger partial charge in [-0.1, -0.05) is 41.9 Å². The number of amides is 1. The van der Waals surface area contributed by atoms with Crippen molar-refractivity contribution in [1.29, 1.82) is 0 Å². The summed E-state index contributed by atoms with van der Waals surface area (Å²) in [5.41, 5.74) is 2.02. The van der Waals surface area contributed by atoms with Crippen LogP contribution >= 0.6 is 22.9 Å². The van der Waals surface area contributed by atoms with Crippen molar-refractivity contribution in [2.45, 2.75) is 6.61 Å². The van der Waals surface area contributed by atoms with Crippen molar-refractivity contribution in [3.05, 3.63) is 94.2 Å². The highest BCUT2D eigenvalue weighted by atomic mass is 35.5. The van der Waals surface area contributed by atoms with Gasteiger partial charge < -0.3 is 14.8 Å². The van der Waals surface area contributed by atoms with Gasteiger partial charge in [-0.15, -0.1) is 11.3 Å². The van der Waals surface area contributed by atoms with Gasteiger partial charge in [0.05, 0.1) is 17.8 Å². The summed E-state index contributed by atoms with van der Waals surface area (Å²) in [5, 5.41) is 5.53. The molecule has 0 saturated carbocycles. The standard InChI is InChI=1S/C24H18ClFN2O3S/c1-30-22-12-15(10-11-21(22)31-13-16-6-2-4-8-18(16)26)24-28-20(14-32-24)23(29)27-19-9-5-3-7-17(19)25/h2-12,14H,13H2,1H3,(H,27,29).